The van der Waals surface area contributed by atoms with Crippen LogP contribution in [0, 0.1) is 52.3 Å². The quantitative estimate of drug-likeness (QED) is 0.543. The molecule has 3 heteroatoms. The van der Waals surface area contributed by atoms with Crippen molar-refractivity contribution in [2.75, 3.05) is 6.61 Å². The first-order valence-corrected chi connectivity index (χ1v) is 13.3. The second kappa shape index (κ2) is 6.70. The molecule has 4 aliphatic carbocycles. The molecule has 30 heavy (non-hydrogen) atoms. The molecule has 0 radical (unpaired) electrons. The van der Waals surface area contributed by atoms with Gasteiger partial charge < -0.3 is 14.6 Å². The Hall–Kier alpha value is -0.120. The third kappa shape index (κ3) is 2.61. The maximum atomic E-state index is 10.3. The van der Waals surface area contributed by atoms with Crippen molar-refractivity contribution >= 4 is 0 Å². The number of aliphatic hydroxyl groups excluding tert-OH is 1. The lowest BCUT2D eigenvalue weighted by Gasteiger charge is -2.61. The van der Waals surface area contributed by atoms with Crippen molar-refractivity contribution in [2.45, 2.75) is 110 Å². The van der Waals surface area contributed by atoms with Gasteiger partial charge in [0.25, 0.3) is 0 Å². The number of hydrogen-bond acceptors (Lipinski definition) is 3. The first-order valence-electron chi connectivity index (χ1n) is 13.3. The van der Waals surface area contributed by atoms with E-state index in [1.807, 2.05) is 0 Å². The van der Waals surface area contributed by atoms with Gasteiger partial charge in [0.2, 0.25) is 0 Å². The molecule has 0 aromatic heterocycles. The topological polar surface area (TPSA) is 38.7 Å². The van der Waals surface area contributed by atoms with E-state index in [2.05, 4.69) is 27.7 Å². The molecule has 6 aliphatic rings. The highest BCUT2D eigenvalue weighted by molar-refractivity contribution is 5.15. The molecule has 0 bridgehead atoms. The van der Waals surface area contributed by atoms with E-state index in [0.717, 1.165) is 49.5 Å². The molecule has 1 spiro atoms. The van der Waals surface area contributed by atoms with Gasteiger partial charge in [-0.2, -0.15) is 0 Å². The Morgan fingerprint density at radius 2 is 1.63 bits per heavy atom. The highest BCUT2D eigenvalue weighted by Crippen LogP contribution is 2.71. The van der Waals surface area contributed by atoms with E-state index >= 15 is 0 Å². The molecule has 0 aromatic rings. The summed E-state index contributed by atoms with van der Waals surface area (Å²) < 4.78 is 13.4. The molecule has 6 rings (SSSR count). The summed E-state index contributed by atoms with van der Waals surface area (Å²) in [6, 6.07) is 0. The third-order valence-electron chi connectivity index (χ3n) is 11.9. The van der Waals surface area contributed by atoms with Gasteiger partial charge in [0.05, 0.1) is 18.8 Å². The van der Waals surface area contributed by atoms with Crippen LogP contribution < -0.4 is 0 Å². The Kier molecular flexibility index (Phi) is 4.58. The molecular formula is C27H44O3. The number of fused-ring (bicyclic) bond motifs is 7. The number of rotatable bonds is 0. The van der Waals surface area contributed by atoms with E-state index in [0.29, 0.717) is 34.7 Å². The van der Waals surface area contributed by atoms with Crippen molar-refractivity contribution in [3.05, 3.63) is 0 Å². The molecule has 1 N–H and O–H groups in total. The molecule has 6 fully saturated rings. The van der Waals surface area contributed by atoms with Gasteiger partial charge in [-0.1, -0.05) is 27.7 Å². The summed E-state index contributed by atoms with van der Waals surface area (Å²) >= 11 is 0. The lowest BCUT2D eigenvalue weighted by atomic mass is 9.44. The van der Waals surface area contributed by atoms with Crippen LogP contribution in [0.5, 0.6) is 0 Å². The Morgan fingerprint density at radius 1 is 0.833 bits per heavy atom. The van der Waals surface area contributed by atoms with Crippen molar-refractivity contribution in [3.8, 4) is 0 Å². The molecule has 3 nitrogen and oxygen atoms in total. The Labute approximate surface area is 183 Å². The summed E-state index contributed by atoms with van der Waals surface area (Å²) in [5, 5.41) is 10.3. The van der Waals surface area contributed by atoms with E-state index in [1.165, 1.54) is 44.9 Å². The molecule has 0 amide bonds. The maximum absolute atomic E-state index is 10.3. The highest BCUT2D eigenvalue weighted by atomic mass is 16.7. The molecule has 2 saturated heterocycles. The SMILES string of the molecule is CC1CC[C@@]2(OC1)OC1CC3C4CC[C@@H]5C[C@@H](O)CC[C@]5(C)C4CC[C@]3(C)C1[C@@H]2C. The standard InChI is InChI=1S/C27H44O3/c1-16-7-12-27(29-15-16)17(2)24-23(30-27)14-22-20-6-5-18-13-19(28)8-10-25(18,3)21(20)9-11-26(22,24)4/h16-24,28H,5-15H2,1-4H3/t16?,17-,18+,19-,20?,21?,22?,23?,24?,25-,26-,27+/m0/s1. The fourth-order valence-corrected chi connectivity index (χ4v) is 10.3. The molecule has 12 atom stereocenters. The van der Waals surface area contributed by atoms with Crippen molar-refractivity contribution < 1.29 is 14.6 Å². The van der Waals surface area contributed by atoms with Gasteiger partial charge in [-0.25, -0.2) is 0 Å². The minimum absolute atomic E-state index is 0.0389. The fourth-order valence-electron chi connectivity index (χ4n) is 10.3. The smallest absolute Gasteiger partial charge is 0.171 e. The van der Waals surface area contributed by atoms with Gasteiger partial charge in [0.1, 0.15) is 0 Å². The number of aliphatic hydroxyl groups is 1. The average molecular weight is 417 g/mol. The summed E-state index contributed by atoms with van der Waals surface area (Å²) in [6.45, 7) is 10.9. The largest absolute Gasteiger partial charge is 0.393 e. The van der Waals surface area contributed by atoms with E-state index in [1.54, 1.807) is 0 Å². The van der Waals surface area contributed by atoms with Gasteiger partial charge in [0.15, 0.2) is 5.79 Å². The molecular weight excluding hydrogens is 372 g/mol. The fraction of sp³-hybridized carbons (Fsp3) is 1.00. The molecule has 2 heterocycles. The monoisotopic (exact) mass is 416 g/mol. The summed E-state index contributed by atoms with van der Waals surface area (Å²) in [6.07, 6.45) is 12.9. The summed E-state index contributed by atoms with van der Waals surface area (Å²) in [5.41, 5.74) is 0.899. The van der Waals surface area contributed by atoms with Gasteiger partial charge in [-0.15, -0.1) is 0 Å². The van der Waals surface area contributed by atoms with Crippen molar-refractivity contribution in [3.63, 3.8) is 0 Å². The molecule has 2 aliphatic heterocycles. The molecule has 6 unspecified atom stereocenters. The van der Waals surface area contributed by atoms with Crippen LogP contribution in [0.25, 0.3) is 0 Å². The Bertz CT molecular complexity index is 684. The zero-order valence-corrected chi connectivity index (χ0v) is 19.7. The van der Waals surface area contributed by atoms with Gasteiger partial charge in [-0.05, 0) is 104 Å². The minimum Gasteiger partial charge on any atom is -0.393 e. The van der Waals surface area contributed by atoms with Gasteiger partial charge >= 0.3 is 0 Å². The van der Waals surface area contributed by atoms with Gasteiger partial charge in [0, 0.05) is 12.3 Å². The first-order chi connectivity index (χ1) is 14.3. The van der Waals surface area contributed by atoms with E-state index < -0.39 is 0 Å². The Balaban J connectivity index is 1.26. The number of ether oxygens (including phenoxy) is 2. The molecule has 4 saturated carbocycles. The highest BCUT2D eigenvalue weighted by Gasteiger charge is 2.69. The lowest BCUT2D eigenvalue weighted by Crippen LogP contribution is -2.55. The van der Waals surface area contributed by atoms with Crippen LogP contribution in [0.4, 0.5) is 0 Å². The zero-order valence-electron chi connectivity index (χ0n) is 19.7. The predicted octanol–water partition coefficient (Wildman–Crippen LogP) is 5.79. The second-order valence-electron chi connectivity index (χ2n) is 13.1. The van der Waals surface area contributed by atoms with Crippen molar-refractivity contribution in [2.24, 2.45) is 52.3 Å². The minimum atomic E-state index is -0.282. The zero-order chi connectivity index (χ0) is 20.9. The van der Waals surface area contributed by atoms with E-state index in [9.17, 15) is 5.11 Å². The average Bonchev–Trinajstić information content (AvgIpc) is 3.16. The van der Waals surface area contributed by atoms with Crippen LogP contribution in [-0.2, 0) is 9.47 Å². The summed E-state index contributed by atoms with van der Waals surface area (Å²) in [4.78, 5) is 0. The van der Waals surface area contributed by atoms with Crippen LogP contribution in [0.2, 0.25) is 0 Å². The summed E-state index contributed by atoms with van der Waals surface area (Å²) in [7, 11) is 0. The van der Waals surface area contributed by atoms with Crippen LogP contribution in [0.15, 0.2) is 0 Å². The molecule has 170 valence electrons. The van der Waals surface area contributed by atoms with E-state index in [-0.39, 0.29) is 11.9 Å². The number of hydrogen-bond donors (Lipinski definition) is 1. The van der Waals surface area contributed by atoms with Crippen LogP contribution >= 0.6 is 0 Å². The second-order valence-corrected chi connectivity index (χ2v) is 13.1. The molecule has 0 aromatic carbocycles. The predicted molar refractivity (Wildman–Crippen MR) is 118 cm³/mol. The third-order valence-corrected chi connectivity index (χ3v) is 11.9. The van der Waals surface area contributed by atoms with Crippen molar-refractivity contribution in [1.29, 1.82) is 0 Å². The lowest BCUT2D eigenvalue weighted by molar-refractivity contribution is -0.273. The van der Waals surface area contributed by atoms with Gasteiger partial charge in [-0.3, -0.25) is 0 Å². The first kappa shape index (κ1) is 20.5. The maximum Gasteiger partial charge on any atom is 0.171 e. The Morgan fingerprint density at radius 3 is 2.40 bits per heavy atom. The van der Waals surface area contributed by atoms with Crippen molar-refractivity contribution in [1.82, 2.24) is 0 Å². The van der Waals surface area contributed by atoms with E-state index in [4.69, 9.17) is 9.47 Å². The normalized spacial score (nSPS) is 62.5. The van der Waals surface area contributed by atoms with Crippen LogP contribution in [0.3, 0.4) is 0 Å². The summed E-state index contributed by atoms with van der Waals surface area (Å²) in [5.74, 6) is 4.93. The van der Waals surface area contributed by atoms with Crippen LogP contribution in [-0.4, -0.2) is 29.7 Å². The van der Waals surface area contributed by atoms with Crippen LogP contribution in [0.1, 0.15) is 91.9 Å².